The van der Waals surface area contributed by atoms with E-state index < -0.39 is 17.5 Å². The molecule has 26 heavy (non-hydrogen) atoms. The number of fused-ring (bicyclic) bond motifs is 1. The Hall–Kier alpha value is -2.29. The van der Waals surface area contributed by atoms with Crippen LogP contribution >= 0.6 is 0 Å². The van der Waals surface area contributed by atoms with E-state index in [1.807, 2.05) is 0 Å². The number of halogens is 1. The van der Waals surface area contributed by atoms with Crippen molar-refractivity contribution in [3.8, 4) is 0 Å². The van der Waals surface area contributed by atoms with Gasteiger partial charge in [0, 0.05) is 57.6 Å². The number of piperazine rings is 1. The molecule has 1 saturated heterocycles. The second-order valence-electron chi connectivity index (χ2n) is 6.36. The third kappa shape index (κ3) is 4.09. The Morgan fingerprint density at radius 3 is 2.54 bits per heavy atom. The highest BCUT2D eigenvalue weighted by Gasteiger charge is 2.30. The minimum Gasteiger partial charge on any atom is -0.395 e. The number of hydrogen-bond donors (Lipinski definition) is 3. The number of hydrogen-bond acceptors (Lipinski definition) is 6. The number of amides is 1. The van der Waals surface area contributed by atoms with Crippen molar-refractivity contribution in [2.75, 3.05) is 57.7 Å². The number of para-hydroxylation sites is 1. The monoisotopic (exact) mass is 362 g/mol. The van der Waals surface area contributed by atoms with Gasteiger partial charge in [-0.1, -0.05) is 6.07 Å². The Morgan fingerprint density at radius 1 is 1.15 bits per heavy atom. The molecule has 7 nitrogen and oxygen atoms in total. The number of β-amino-alcohol motifs (C(OH)–C–C–N with tert-alkyl or cyclic N) is 1. The van der Waals surface area contributed by atoms with Gasteiger partial charge >= 0.3 is 0 Å². The fraction of sp³-hybridized carbons (Fsp3) is 0.444. The van der Waals surface area contributed by atoms with E-state index in [1.165, 1.54) is 24.4 Å². The molecule has 2 aliphatic rings. The lowest BCUT2D eigenvalue weighted by molar-refractivity contribution is -0.112. The van der Waals surface area contributed by atoms with E-state index >= 15 is 0 Å². The van der Waals surface area contributed by atoms with Crippen LogP contribution in [0.3, 0.4) is 0 Å². The number of benzene rings is 1. The molecule has 0 spiro atoms. The standard InChI is InChI=1S/C18H23FN4O3/c19-15-3-1-2-13-16(15)21-18(26)14(17(13)25)12-20-4-5-22-6-8-23(9-7-22)10-11-24/h1-3,12,20,24H,4-11H2,(H,21,26)/b14-12-. The van der Waals surface area contributed by atoms with E-state index in [0.717, 1.165) is 32.7 Å². The second kappa shape index (κ2) is 8.39. The lowest BCUT2D eigenvalue weighted by Crippen LogP contribution is -2.48. The number of anilines is 1. The number of ketones is 1. The fourth-order valence-electron chi connectivity index (χ4n) is 3.18. The Morgan fingerprint density at radius 2 is 1.85 bits per heavy atom. The molecule has 0 aliphatic carbocycles. The molecular weight excluding hydrogens is 339 g/mol. The molecule has 3 N–H and O–H groups in total. The van der Waals surface area contributed by atoms with Gasteiger partial charge in [0.2, 0.25) is 5.78 Å². The maximum Gasteiger partial charge on any atom is 0.261 e. The largest absolute Gasteiger partial charge is 0.395 e. The molecule has 0 saturated carbocycles. The zero-order chi connectivity index (χ0) is 18.5. The highest BCUT2D eigenvalue weighted by Crippen LogP contribution is 2.27. The molecule has 2 heterocycles. The molecule has 140 valence electrons. The Kier molecular flexibility index (Phi) is 5.97. The van der Waals surface area contributed by atoms with E-state index in [2.05, 4.69) is 20.4 Å². The Bertz CT molecular complexity index is 714. The molecule has 2 aliphatic heterocycles. The van der Waals surface area contributed by atoms with Crippen LogP contribution in [0.15, 0.2) is 30.0 Å². The first-order valence-electron chi connectivity index (χ1n) is 8.74. The van der Waals surface area contributed by atoms with Crippen molar-refractivity contribution in [1.82, 2.24) is 15.1 Å². The van der Waals surface area contributed by atoms with Crippen molar-refractivity contribution in [1.29, 1.82) is 0 Å². The third-order valence-electron chi connectivity index (χ3n) is 4.69. The lowest BCUT2D eigenvalue weighted by atomic mass is 9.97. The first-order valence-corrected chi connectivity index (χ1v) is 8.74. The van der Waals surface area contributed by atoms with E-state index in [-0.39, 0.29) is 23.4 Å². The van der Waals surface area contributed by atoms with Crippen LogP contribution in [0.5, 0.6) is 0 Å². The molecule has 1 aromatic rings. The molecule has 3 rings (SSSR count). The van der Waals surface area contributed by atoms with Crippen LogP contribution in [0.25, 0.3) is 0 Å². The zero-order valence-electron chi connectivity index (χ0n) is 14.5. The maximum absolute atomic E-state index is 13.7. The van der Waals surface area contributed by atoms with E-state index in [0.29, 0.717) is 13.1 Å². The number of carbonyl (C=O) groups excluding carboxylic acids is 2. The van der Waals surface area contributed by atoms with Crippen LogP contribution < -0.4 is 10.6 Å². The summed E-state index contributed by atoms with van der Waals surface area (Å²) in [5.41, 5.74) is 0.0916. The second-order valence-corrected chi connectivity index (χ2v) is 6.36. The average Bonchev–Trinajstić information content (AvgIpc) is 2.63. The topological polar surface area (TPSA) is 84.9 Å². The van der Waals surface area contributed by atoms with Gasteiger partial charge in [0.25, 0.3) is 5.91 Å². The van der Waals surface area contributed by atoms with E-state index in [1.54, 1.807) is 0 Å². The Balaban J connectivity index is 1.52. The summed E-state index contributed by atoms with van der Waals surface area (Å²) in [6, 6.07) is 4.16. The normalized spacial score (nSPS) is 20.2. The molecule has 0 unspecified atom stereocenters. The van der Waals surface area contributed by atoms with Gasteiger partial charge in [0.05, 0.1) is 12.3 Å². The van der Waals surface area contributed by atoms with Crippen LogP contribution in [0.4, 0.5) is 10.1 Å². The first-order chi connectivity index (χ1) is 12.6. The van der Waals surface area contributed by atoms with Gasteiger partial charge in [-0.15, -0.1) is 0 Å². The molecule has 8 heteroatoms. The summed E-state index contributed by atoms with van der Waals surface area (Å²) < 4.78 is 13.7. The summed E-state index contributed by atoms with van der Waals surface area (Å²) in [7, 11) is 0. The maximum atomic E-state index is 13.7. The molecule has 0 atom stereocenters. The summed E-state index contributed by atoms with van der Waals surface area (Å²) in [6.07, 6.45) is 1.41. The van der Waals surface area contributed by atoms with Gasteiger partial charge in [-0.25, -0.2) is 4.39 Å². The van der Waals surface area contributed by atoms with Crippen molar-refractivity contribution in [3.63, 3.8) is 0 Å². The van der Waals surface area contributed by atoms with E-state index in [4.69, 9.17) is 5.11 Å². The van der Waals surface area contributed by atoms with Crippen molar-refractivity contribution in [2.45, 2.75) is 0 Å². The highest BCUT2D eigenvalue weighted by molar-refractivity contribution is 6.33. The van der Waals surface area contributed by atoms with Gasteiger partial charge in [-0.05, 0) is 12.1 Å². The molecule has 0 radical (unpaired) electrons. The SMILES string of the molecule is O=C1Nc2c(F)cccc2C(=O)/C1=C/NCCN1CCN(CCO)CC1. The molecular formula is C18H23FN4O3. The van der Waals surface area contributed by atoms with Crippen LogP contribution in [0, 0.1) is 5.82 Å². The van der Waals surface area contributed by atoms with Crippen LogP contribution in [0.1, 0.15) is 10.4 Å². The number of carbonyl (C=O) groups is 2. The number of nitrogens with zero attached hydrogens (tertiary/aromatic N) is 2. The van der Waals surface area contributed by atoms with Crippen LogP contribution in [-0.2, 0) is 4.79 Å². The first kappa shape index (κ1) is 18.5. The third-order valence-corrected chi connectivity index (χ3v) is 4.69. The van der Waals surface area contributed by atoms with Crippen molar-refractivity contribution >= 4 is 17.4 Å². The summed E-state index contributed by atoms with van der Waals surface area (Å²) in [4.78, 5) is 29.0. The van der Waals surface area contributed by atoms with Gasteiger partial charge in [0.1, 0.15) is 11.4 Å². The number of aliphatic hydroxyl groups excluding tert-OH is 1. The molecule has 0 aromatic heterocycles. The van der Waals surface area contributed by atoms with Gasteiger partial charge in [0.15, 0.2) is 0 Å². The van der Waals surface area contributed by atoms with Gasteiger partial charge in [-0.2, -0.15) is 0 Å². The van der Waals surface area contributed by atoms with E-state index in [9.17, 15) is 14.0 Å². The minimum atomic E-state index is -0.614. The van der Waals surface area contributed by atoms with Crippen LogP contribution in [0.2, 0.25) is 0 Å². The summed E-state index contributed by atoms with van der Waals surface area (Å²) in [5, 5.41) is 14.4. The lowest BCUT2D eigenvalue weighted by Gasteiger charge is -2.34. The molecule has 1 amide bonds. The number of aliphatic hydroxyl groups is 1. The quantitative estimate of drug-likeness (QED) is 0.377. The van der Waals surface area contributed by atoms with Crippen molar-refractivity contribution in [2.24, 2.45) is 0 Å². The van der Waals surface area contributed by atoms with Crippen molar-refractivity contribution < 1.29 is 19.1 Å². The predicted molar refractivity (Wildman–Crippen MR) is 95.4 cm³/mol. The summed E-state index contributed by atoms with van der Waals surface area (Å²) in [5.74, 6) is -1.69. The number of nitrogens with one attached hydrogen (secondary N) is 2. The summed E-state index contributed by atoms with van der Waals surface area (Å²) >= 11 is 0. The minimum absolute atomic E-state index is 0.0177. The molecule has 1 fully saturated rings. The predicted octanol–water partition coefficient (Wildman–Crippen LogP) is 0.0439. The Labute approximate surface area is 151 Å². The van der Waals surface area contributed by atoms with Crippen molar-refractivity contribution in [3.05, 3.63) is 41.4 Å². The number of Topliss-reactive ketones (excluding diaryl/α,β-unsaturated/α-hetero) is 1. The average molecular weight is 362 g/mol. The van der Waals surface area contributed by atoms with Crippen LogP contribution in [-0.4, -0.2) is 79.0 Å². The highest BCUT2D eigenvalue weighted by atomic mass is 19.1. The molecule has 1 aromatic carbocycles. The van der Waals surface area contributed by atoms with Gasteiger partial charge < -0.3 is 15.7 Å². The fourth-order valence-corrected chi connectivity index (χ4v) is 3.18. The zero-order valence-corrected chi connectivity index (χ0v) is 14.5. The van der Waals surface area contributed by atoms with Gasteiger partial charge in [-0.3, -0.25) is 19.4 Å². The molecule has 0 bridgehead atoms. The summed E-state index contributed by atoms with van der Waals surface area (Å²) in [6.45, 7) is 5.96. The smallest absolute Gasteiger partial charge is 0.261 e. The number of rotatable bonds is 6.